The van der Waals surface area contributed by atoms with Crippen molar-refractivity contribution in [3.8, 4) is 0 Å². The van der Waals surface area contributed by atoms with E-state index >= 15 is 0 Å². The van der Waals surface area contributed by atoms with E-state index in [-0.39, 0.29) is 0 Å². The summed E-state index contributed by atoms with van der Waals surface area (Å²) in [5.41, 5.74) is 1.43. The van der Waals surface area contributed by atoms with Gasteiger partial charge in [0.05, 0.1) is 0 Å². The van der Waals surface area contributed by atoms with Gasteiger partial charge in [-0.3, -0.25) is 0 Å². The molecule has 1 heteroatoms. The fraction of sp³-hybridized carbons (Fsp3) is 0.538. The highest BCUT2D eigenvalue weighted by Crippen LogP contribution is 2.17. The first-order valence-electron chi connectivity index (χ1n) is 5.32. The summed E-state index contributed by atoms with van der Waals surface area (Å²) in [6, 6.07) is 10.7. The minimum Gasteiger partial charge on any atom is -0.126 e. The predicted octanol–water partition coefficient (Wildman–Crippen LogP) is 4.13. The first-order valence-corrected chi connectivity index (χ1v) is 5.85. The van der Waals surface area contributed by atoms with Gasteiger partial charge in [0.25, 0.3) is 0 Å². The Morgan fingerprint density at radius 1 is 1.07 bits per heavy atom. The molecular formula is C13H19Cl. The third-order valence-electron chi connectivity index (χ3n) is 2.50. The van der Waals surface area contributed by atoms with Gasteiger partial charge in [-0.15, -0.1) is 11.6 Å². The molecule has 0 fully saturated rings. The Hall–Kier alpha value is -0.490. The van der Waals surface area contributed by atoms with Crippen molar-refractivity contribution in [2.45, 2.75) is 26.7 Å². The molecule has 0 heterocycles. The van der Waals surface area contributed by atoms with Gasteiger partial charge >= 0.3 is 0 Å². The van der Waals surface area contributed by atoms with E-state index < -0.39 is 0 Å². The van der Waals surface area contributed by atoms with E-state index in [0.29, 0.717) is 5.92 Å². The highest BCUT2D eigenvalue weighted by molar-refractivity contribution is 6.18. The first kappa shape index (κ1) is 11.6. The van der Waals surface area contributed by atoms with E-state index in [1.54, 1.807) is 0 Å². The monoisotopic (exact) mass is 210 g/mol. The van der Waals surface area contributed by atoms with Crippen LogP contribution in [0.1, 0.15) is 25.8 Å². The number of hydrogen-bond acceptors (Lipinski definition) is 0. The lowest BCUT2D eigenvalue weighted by atomic mass is 9.93. The van der Waals surface area contributed by atoms with Gasteiger partial charge in [0, 0.05) is 5.88 Å². The first-order chi connectivity index (χ1) is 6.72. The molecule has 1 aromatic rings. The number of alkyl halides is 1. The van der Waals surface area contributed by atoms with Crippen LogP contribution in [-0.4, -0.2) is 5.88 Å². The molecule has 0 aliphatic carbocycles. The molecule has 0 saturated carbocycles. The molecule has 0 aliphatic rings. The molecule has 0 saturated heterocycles. The Balaban J connectivity index is 2.37. The average molecular weight is 211 g/mol. The van der Waals surface area contributed by atoms with Crippen LogP contribution in [0.15, 0.2) is 30.3 Å². The van der Waals surface area contributed by atoms with Crippen molar-refractivity contribution < 1.29 is 0 Å². The van der Waals surface area contributed by atoms with Gasteiger partial charge in [0.15, 0.2) is 0 Å². The van der Waals surface area contributed by atoms with Crippen molar-refractivity contribution >= 4 is 11.6 Å². The van der Waals surface area contributed by atoms with Crippen LogP contribution in [0.2, 0.25) is 0 Å². The minimum atomic E-state index is 0.635. The Bertz CT molecular complexity index is 243. The van der Waals surface area contributed by atoms with E-state index in [9.17, 15) is 0 Å². The molecule has 0 nitrogen and oxygen atoms in total. The summed E-state index contributed by atoms with van der Waals surface area (Å²) in [4.78, 5) is 0. The molecule has 2 atom stereocenters. The van der Waals surface area contributed by atoms with Crippen molar-refractivity contribution in [3.05, 3.63) is 35.9 Å². The van der Waals surface area contributed by atoms with Gasteiger partial charge in [-0.1, -0.05) is 44.2 Å². The SMILES string of the molecule is CC(CCl)CC(C)Cc1ccccc1. The number of halogens is 1. The van der Waals surface area contributed by atoms with Crippen molar-refractivity contribution in [1.29, 1.82) is 0 Å². The summed E-state index contributed by atoms with van der Waals surface area (Å²) in [6.45, 7) is 4.52. The van der Waals surface area contributed by atoms with Gasteiger partial charge in [0.1, 0.15) is 0 Å². The Morgan fingerprint density at radius 2 is 1.71 bits per heavy atom. The van der Waals surface area contributed by atoms with E-state index in [0.717, 1.165) is 11.8 Å². The van der Waals surface area contributed by atoms with Gasteiger partial charge in [-0.05, 0) is 30.2 Å². The molecule has 0 amide bonds. The topological polar surface area (TPSA) is 0 Å². The zero-order valence-electron chi connectivity index (χ0n) is 9.04. The number of hydrogen-bond donors (Lipinski definition) is 0. The van der Waals surface area contributed by atoms with Crippen LogP contribution in [0.4, 0.5) is 0 Å². The quantitative estimate of drug-likeness (QED) is 0.642. The van der Waals surface area contributed by atoms with Crippen LogP contribution in [-0.2, 0) is 6.42 Å². The van der Waals surface area contributed by atoms with Crippen molar-refractivity contribution in [2.75, 3.05) is 5.88 Å². The molecular weight excluding hydrogens is 192 g/mol. The fourth-order valence-corrected chi connectivity index (χ4v) is 1.98. The maximum absolute atomic E-state index is 5.80. The lowest BCUT2D eigenvalue weighted by molar-refractivity contribution is 0.440. The second-order valence-corrected chi connectivity index (χ2v) is 4.60. The molecule has 0 aromatic heterocycles. The number of rotatable bonds is 5. The van der Waals surface area contributed by atoms with Gasteiger partial charge in [-0.25, -0.2) is 0 Å². The maximum atomic E-state index is 5.80. The highest BCUT2D eigenvalue weighted by atomic mass is 35.5. The lowest BCUT2D eigenvalue weighted by Gasteiger charge is -2.14. The molecule has 0 N–H and O–H groups in total. The average Bonchev–Trinajstić information content (AvgIpc) is 2.19. The van der Waals surface area contributed by atoms with E-state index in [1.807, 2.05) is 0 Å². The maximum Gasteiger partial charge on any atom is 0.0249 e. The molecule has 2 unspecified atom stereocenters. The third-order valence-corrected chi connectivity index (χ3v) is 3.02. The summed E-state index contributed by atoms with van der Waals surface area (Å²) in [6.07, 6.45) is 2.39. The van der Waals surface area contributed by atoms with Gasteiger partial charge < -0.3 is 0 Å². The summed E-state index contributed by atoms with van der Waals surface area (Å²) in [7, 11) is 0. The largest absolute Gasteiger partial charge is 0.126 e. The molecule has 0 bridgehead atoms. The van der Waals surface area contributed by atoms with Crippen molar-refractivity contribution in [3.63, 3.8) is 0 Å². The molecule has 78 valence electrons. The van der Waals surface area contributed by atoms with Crippen LogP contribution in [0.25, 0.3) is 0 Å². The summed E-state index contributed by atoms with van der Waals surface area (Å²) >= 11 is 5.80. The molecule has 1 rings (SSSR count). The molecule has 0 radical (unpaired) electrons. The fourth-order valence-electron chi connectivity index (χ4n) is 1.85. The van der Waals surface area contributed by atoms with Crippen LogP contribution in [0.5, 0.6) is 0 Å². The zero-order valence-corrected chi connectivity index (χ0v) is 9.80. The second kappa shape index (κ2) is 6.08. The summed E-state index contributed by atoms with van der Waals surface area (Å²) in [5.74, 6) is 2.14. The molecule has 0 aliphatic heterocycles. The third kappa shape index (κ3) is 4.15. The summed E-state index contributed by atoms with van der Waals surface area (Å²) in [5, 5.41) is 0. The lowest BCUT2D eigenvalue weighted by Crippen LogP contribution is -2.07. The predicted molar refractivity (Wildman–Crippen MR) is 63.8 cm³/mol. The van der Waals surface area contributed by atoms with Crippen LogP contribution in [0, 0.1) is 11.8 Å². The van der Waals surface area contributed by atoms with Crippen LogP contribution in [0.3, 0.4) is 0 Å². The van der Waals surface area contributed by atoms with E-state index in [4.69, 9.17) is 11.6 Å². The van der Waals surface area contributed by atoms with E-state index in [2.05, 4.69) is 44.2 Å². The Morgan fingerprint density at radius 3 is 2.29 bits per heavy atom. The van der Waals surface area contributed by atoms with Gasteiger partial charge in [0.2, 0.25) is 0 Å². The molecule has 1 aromatic carbocycles. The van der Waals surface area contributed by atoms with Crippen molar-refractivity contribution in [2.24, 2.45) is 11.8 Å². The normalized spacial score (nSPS) is 15.1. The van der Waals surface area contributed by atoms with Gasteiger partial charge in [-0.2, -0.15) is 0 Å². The van der Waals surface area contributed by atoms with E-state index in [1.165, 1.54) is 18.4 Å². The van der Waals surface area contributed by atoms with Crippen molar-refractivity contribution in [1.82, 2.24) is 0 Å². The minimum absolute atomic E-state index is 0.635. The van der Waals surface area contributed by atoms with Crippen LogP contribution < -0.4 is 0 Å². The molecule has 14 heavy (non-hydrogen) atoms. The Kier molecular flexibility index (Phi) is 5.03. The highest BCUT2D eigenvalue weighted by Gasteiger charge is 2.08. The van der Waals surface area contributed by atoms with Crippen LogP contribution >= 0.6 is 11.6 Å². The Labute approximate surface area is 92.3 Å². The second-order valence-electron chi connectivity index (χ2n) is 4.29. The summed E-state index contributed by atoms with van der Waals surface area (Å²) < 4.78 is 0. The zero-order chi connectivity index (χ0) is 10.4. The smallest absolute Gasteiger partial charge is 0.0249 e. The molecule has 0 spiro atoms. The number of benzene rings is 1. The standard InChI is InChI=1S/C13H19Cl/c1-11(8-12(2)10-14)9-13-6-4-3-5-7-13/h3-7,11-12H,8-10H2,1-2H3.